The molecule has 138 valence electrons. The molecular formula is C17H18Cl2N4O3. The summed E-state index contributed by atoms with van der Waals surface area (Å²) in [5.74, 6) is -1.31. The lowest BCUT2D eigenvalue weighted by atomic mass is 9.98. The van der Waals surface area contributed by atoms with Crippen LogP contribution in [-0.4, -0.2) is 44.3 Å². The lowest BCUT2D eigenvalue weighted by Crippen LogP contribution is -2.42. The number of amides is 1. The van der Waals surface area contributed by atoms with Gasteiger partial charge in [-0.2, -0.15) is 5.10 Å². The summed E-state index contributed by atoms with van der Waals surface area (Å²) in [6, 6.07) is 4.56. The van der Waals surface area contributed by atoms with Crippen LogP contribution in [-0.2, 0) is 19.5 Å². The molecule has 2 heterocycles. The molecule has 0 saturated heterocycles. The topological polar surface area (TPSA) is 101 Å². The predicted molar refractivity (Wildman–Crippen MR) is 97.7 cm³/mol. The largest absolute Gasteiger partial charge is 0.477 e. The van der Waals surface area contributed by atoms with Gasteiger partial charge in [0, 0.05) is 30.1 Å². The second-order valence-corrected chi connectivity index (χ2v) is 7.02. The highest BCUT2D eigenvalue weighted by molar-refractivity contribution is 6.42. The molecule has 7 nitrogen and oxygen atoms in total. The maximum atomic E-state index is 12.9. The first-order chi connectivity index (χ1) is 12.3. The molecular weight excluding hydrogens is 379 g/mol. The van der Waals surface area contributed by atoms with Crippen molar-refractivity contribution in [3.8, 4) is 0 Å². The second kappa shape index (κ2) is 7.26. The van der Waals surface area contributed by atoms with Crippen molar-refractivity contribution in [1.82, 2.24) is 14.7 Å². The van der Waals surface area contributed by atoms with Crippen molar-refractivity contribution in [2.24, 2.45) is 5.73 Å². The van der Waals surface area contributed by atoms with Gasteiger partial charge >= 0.3 is 5.97 Å². The fourth-order valence-electron chi connectivity index (χ4n) is 3.19. The Morgan fingerprint density at radius 2 is 2.08 bits per heavy atom. The zero-order valence-electron chi connectivity index (χ0n) is 14.1. The molecule has 0 spiro atoms. The van der Waals surface area contributed by atoms with Gasteiger partial charge in [-0.1, -0.05) is 23.2 Å². The zero-order valence-corrected chi connectivity index (χ0v) is 15.6. The maximum absolute atomic E-state index is 12.9. The molecule has 1 aromatic carbocycles. The first-order valence-corrected chi connectivity index (χ1v) is 8.87. The molecule has 0 unspecified atom stereocenters. The minimum Gasteiger partial charge on any atom is -0.477 e. The Balaban J connectivity index is 1.96. The van der Waals surface area contributed by atoms with E-state index in [2.05, 4.69) is 5.10 Å². The minimum absolute atomic E-state index is 0.0873. The quantitative estimate of drug-likeness (QED) is 0.825. The van der Waals surface area contributed by atoms with Crippen LogP contribution < -0.4 is 5.73 Å². The van der Waals surface area contributed by atoms with Crippen LogP contribution in [0.2, 0.25) is 10.0 Å². The Bertz CT molecular complexity index is 881. The molecule has 9 heteroatoms. The van der Waals surface area contributed by atoms with Crippen LogP contribution in [0, 0.1) is 0 Å². The van der Waals surface area contributed by atoms with E-state index in [1.807, 2.05) is 6.92 Å². The summed E-state index contributed by atoms with van der Waals surface area (Å²) in [4.78, 5) is 26.3. The molecule has 2 aromatic rings. The van der Waals surface area contributed by atoms with E-state index < -0.39 is 5.97 Å². The van der Waals surface area contributed by atoms with Crippen molar-refractivity contribution in [3.63, 3.8) is 0 Å². The van der Waals surface area contributed by atoms with Gasteiger partial charge in [0.1, 0.15) is 0 Å². The number of rotatable bonds is 4. The molecule has 0 fully saturated rings. The number of halogens is 2. The molecule has 0 radical (unpaired) electrons. The van der Waals surface area contributed by atoms with Gasteiger partial charge in [0.2, 0.25) is 0 Å². The van der Waals surface area contributed by atoms with Gasteiger partial charge in [-0.25, -0.2) is 4.79 Å². The number of benzene rings is 1. The molecule has 1 aliphatic heterocycles. The minimum atomic E-state index is -1.08. The summed E-state index contributed by atoms with van der Waals surface area (Å²) in [6.07, 6.45) is 0.472. The Hall–Kier alpha value is -2.09. The van der Waals surface area contributed by atoms with Crippen molar-refractivity contribution < 1.29 is 14.7 Å². The van der Waals surface area contributed by atoms with Gasteiger partial charge in [-0.3, -0.25) is 9.48 Å². The monoisotopic (exact) mass is 396 g/mol. The summed E-state index contributed by atoms with van der Waals surface area (Å²) >= 11 is 11.9. The maximum Gasteiger partial charge on any atom is 0.354 e. The SMILES string of the molecule is C[C@@H]1Cc2nn(CCN)c(C(=O)O)c2CN1C(=O)c1ccc(Cl)c(Cl)c1. The number of carboxylic acid groups (broad SMARTS) is 1. The highest BCUT2D eigenvalue weighted by Crippen LogP contribution is 2.29. The highest BCUT2D eigenvalue weighted by atomic mass is 35.5. The zero-order chi connectivity index (χ0) is 19.0. The highest BCUT2D eigenvalue weighted by Gasteiger charge is 2.34. The van der Waals surface area contributed by atoms with Gasteiger partial charge in [-0.05, 0) is 25.1 Å². The van der Waals surface area contributed by atoms with E-state index in [-0.39, 0.29) is 30.7 Å². The fraction of sp³-hybridized carbons (Fsp3) is 0.353. The lowest BCUT2D eigenvalue weighted by Gasteiger charge is -2.33. The summed E-state index contributed by atoms with van der Waals surface area (Å²) in [5.41, 5.74) is 7.29. The average molecular weight is 397 g/mol. The normalized spacial score (nSPS) is 16.5. The molecule has 0 aliphatic carbocycles. The number of hydrogen-bond donors (Lipinski definition) is 2. The summed E-state index contributed by atoms with van der Waals surface area (Å²) in [5, 5.41) is 14.6. The molecule has 1 aromatic heterocycles. The van der Waals surface area contributed by atoms with Crippen molar-refractivity contribution in [2.75, 3.05) is 6.54 Å². The Morgan fingerprint density at radius 1 is 1.35 bits per heavy atom. The van der Waals surface area contributed by atoms with Gasteiger partial charge in [0.25, 0.3) is 5.91 Å². The number of carbonyl (C=O) groups excluding carboxylic acids is 1. The molecule has 3 N–H and O–H groups in total. The summed E-state index contributed by atoms with van der Waals surface area (Å²) in [6.45, 7) is 2.66. The van der Waals surface area contributed by atoms with Gasteiger partial charge in [-0.15, -0.1) is 0 Å². The van der Waals surface area contributed by atoms with Crippen molar-refractivity contribution in [2.45, 2.75) is 32.5 Å². The van der Waals surface area contributed by atoms with Crippen molar-refractivity contribution in [3.05, 3.63) is 50.8 Å². The smallest absolute Gasteiger partial charge is 0.354 e. The number of fused-ring (bicyclic) bond motifs is 1. The third-order valence-corrected chi connectivity index (χ3v) is 5.19. The van der Waals surface area contributed by atoms with Crippen molar-refractivity contribution in [1.29, 1.82) is 0 Å². The van der Waals surface area contributed by atoms with Crippen LogP contribution in [0.5, 0.6) is 0 Å². The number of carboxylic acids is 1. The van der Waals surface area contributed by atoms with Crippen LogP contribution in [0.15, 0.2) is 18.2 Å². The standard InChI is InChI=1S/C17H18Cl2N4O3/c1-9-6-14-11(15(17(25)26)23(21-14)5-4-20)8-22(9)16(24)10-2-3-12(18)13(19)7-10/h2-3,7,9H,4-6,8,20H2,1H3,(H,25,26)/t9-/m1/s1. The molecule has 3 rings (SSSR count). The Morgan fingerprint density at radius 3 is 2.69 bits per heavy atom. The molecule has 1 amide bonds. The third kappa shape index (κ3) is 3.30. The first kappa shape index (κ1) is 18.7. The predicted octanol–water partition coefficient (Wildman–Crippen LogP) is 2.43. The fourth-order valence-corrected chi connectivity index (χ4v) is 3.48. The van der Waals surface area contributed by atoms with E-state index in [1.165, 1.54) is 10.7 Å². The number of aromatic carboxylic acids is 1. The number of carbonyl (C=O) groups is 2. The van der Waals surface area contributed by atoms with Gasteiger partial charge in [0.05, 0.1) is 28.8 Å². The molecule has 0 saturated carbocycles. The second-order valence-electron chi connectivity index (χ2n) is 6.21. The van der Waals surface area contributed by atoms with Crippen LogP contribution in [0.3, 0.4) is 0 Å². The molecule has 1 aliphatic rings. The first-order valence-electron chi connectivity index (χ1n) is 8.11. The summed E-state index contributed by atoms with van der Waals surface area (Å²) < 4.78 is 1.41. The van der Waals surface area contributed by atoms with Crippen molar-refractivity contribution >= 4 is 35.1 Å². The third-order valence-electron chi connectivity index (χ3n) is 4.45. The molecule has 1 atom stereocenters. The van der Waals surface area contributed by atoms with E-state index in [0.29, 0.717) is 39.8 Å². The Labute approximate surface area is 160 Å². The summed E-state index contributed by atoms with van der Waals surface area (Å²) in [7, 11) is 0. The number of hydrogen-bond acceptors (Lipinski definition) is 4. The van der Waals surface area contributed by atoms with E-state index in [4.69, 9.17) is 28.9 Å². The number of nitrogens with two attached hydrogens (primary N) is 1. The van der Waals surface area contributed by atoms with Gasteiger partial charge in [0.15, 0.2) is 5.69 Å². The Kier molecular flexibility index (Phi) is 5.22. The molecule has 0 bridgehead atoms. The van der Waals surface area contributed by atoms with E-state index >= 15 is 0 Å². The average Bonchev–Trinajstić information content (AvgIpc) is 2.93. The van der Waals surface area contributed by atoms with Crippen LogP contribution in [0.4, 0.5) is 0 Å². The van der Waals surface area contributed by atoms with Crippen LogP contribution >= 0.6 is 23.2 Å². The van der Waals surface area contributed by atoms with Crippen LogP contribution in [0.1, 0.15) is 39.0 Å². The molecule has 26 heavy (non-hydrogen) atoms. The lowest BCUT2D eigenvalue weighted by molar-refractivity contribution is 0.0634. The van der Waals surface area contributed by atoms with E-state index in [1.54, 1.807) is 17.0 Å². The number of aromatic nitrogens is 2. The van der Waals surface area contributed by atoms with Crippen LogP contribution in [0.25, 0.3) is 0 Å². The number of nitrogens with zero attached hydrogens (tertiary/aromatic N) is 3. The van der Waals surface area contributed by atoms with E-state index in [9.17, 15) is 14.7 Å². The van der Waals surface area contributed by atoms with E-state index in [0.717, 1.165) is 0 Å². The van der Waals surface area contributed by atoms with Gasteiger partial charge < -0.3 is 15.7 Å².